The van der Waals surface area contributed by atoms with Crippen molar-refractivity contribution in [2.24, 2.45) is 5.73 Å². The van der Waals surface area contributed by atoms with E-state index < -0.39 is 0 Å². The van der Waals surface area contributed by atoms with Crippen molar-refractivity contribution in [1.29, 1.82) is 5.41 Å². The minimum atomic E-state index is 0.0402. The Morgan fingerprint density at radius 3 is 2.75 bits per heavy atom. The molecule has 3 nitrogen and oxygen atoms in total. The molecule has 4 N–H and O–H groups in total. The minimum absolute atomic E-state index is 0.0402. The average Bonchev–Trinajstić information content (AvgIpc) is 1.66. The van der Waals surface area contributed by atoms with Crippen molar-refractivity contribution in [1.82, 2.24) is 5.32 Å². The van der Waals surface area contributed by atoms with Gasteiger partial charge in [-0.15, -0.1) is 0 Å². The number of rotatable bonds is 3. The maximum atomic E-state index is 6.72. The van der Waals surface area contributed by atoms with E-state index in [2.05, 4.69) is 12.2 Å². The van der Waals surface area contributed by atoms with Gasteiger partial charge in [0.05, 0.1) is 0 Å². The van der Waals surface area contributed by atoms with Crippen molar-refractivity contribution < 1.29 is 0 Å². The molecule has 0 aromatic carbocycles. The Morgan fingerprint density at radius 1 is 1.75 bits per heavy atom. The van der Waals surface area contributed by atoms with Crippen LogP contribution in [0.4, 0.5) is 0 Å². The normalized spacial score (nSPS) is 8.62. The number of hydrogen-bond donors (Lipinski definition) is 3. The topological polar surface area (TPSA) is 61.9 Å². The van der Waals surface area contributed by atoms with Gasteiger partial charge in [0.25, 0.3) is 0 Å². The van der Waals surface area contributed by atoms with E-state index in [9.17, 15) is 0 Å². The zero-order valence-electron chi connectivity index (χ0n) is 4.91. The maximum Gasteiger partial charge on any atom is 0.185 e. The molecule has 0 fully saturated rings. The SMILES string of the molecule is [CH2]CCCNC(=N)N. The van der Waals surface area contributed by atoms with E-state index in [4.69, 9.17) is 11.1 Å². The van der Waals surface area contributed by atoms with Crippen LogP contribution in [0.5, 0.6) is 0 Å². The summed E-state index contributed by atoms with van der Waals surface area (Å²) < 4.78 is 0. The molecule has 0 aliphatic heterocycles. The van der Waals surface area contributed by atoms with Gasteiger partial charge in [-0.2, -0.15) is 0 Å². The monoisotopic (exact) mass is 114 g/mol. The zero-order chi connectivity index (χ0) is 6.41. The second kappa shape index (κ2) is 4.43. The molecule has 0 aromatic heterocycles. The average molecular weight is 114 g/mol. The van der Waals surface area contributed by atoms with Crippen LogP contribution in [0.25, 0.3) is 0 Å². The lowest BCUT2D eigenvalue weighted by Crippen LogP contribution is -2.30. The second-order valence-electron chi connectivity index (χ2n) is 1.55. The zero-order valence-corrected chi connectivity index (χ0v) is 4.91. The van der Waals surface area contributed by atoms with Crippen LogP contribution in [0.2, 0.25) is 0 Å². The number of nitrogens with two attached hydrogens (primary N) is 1. The summed E-state index contributed by atoms with van der Waals surface area (Å²) in [6, 6.07) is 0. The smallest absolute Gasteiger partial charge is 0.185 e. The fourth-order valence-electron chi connectivity index (χ4n) is 0.348. The van der Waals surface area contributed by atoms with Crippen molar-refractivity contribution in [3.8, 4) is 0 Å². The van der Waals surface area contributed by atoms with Crippen LogP contribution in [-0.2, 0) is 0 Å². The molecule has 8 heavy (non-hydrogen) atoms. The first kappa shape index (κ1) is 7.27. The third kappa shape index (κ3) is 5.27. The minimum Gasteiger partial charge on any atom is -0.370 e. The Bertz CT molecular complexity index is 70.1. The highest BCUT2D eigenvalue weighted by Crippen LogP contribution is 1.79. The van der Waals surface area contributed by atoms with E-state index >= 15 is 0 Å². The van der Waals surface area contributed by atoms with Crippen molar-refractivity contribution in [2.45, 2.75) is 12.8 Å². The number of nitrogens with one attached hydrogen (secondary N) is 2. The molecular weight excluding hydrogens is 102 g/mol. The first-order valence-corrected chi connectivity index (χ1v) is 2.64. The standard InChI is InChI=1S/C5H12N3/c1-2-3-4-8-5(6)7/h1-4H2,(H4,6,7,8). The van der Waals surface area contributed by atoms with Gasteiger partial charge in [0, 0.05) is 6.54 Å². The lowest BCUT2D eigenvalue weighted by atomic mass is 10.3. The van der Waals surface area contributed by atoms with E-state index in [1.807, 2.05) is 0 Å². The lowest BCUT2D eigenvalue weighted by Gasteiger charge is -1.98. The Hall–Kier alpha value is -0.730. The summed E-state index contributed by atoms with van der Waals surface area (Å²) in [5, 5.41) is 9.39. The molecule has 47 valence electrons. The summed E-state index contributed by atoms with van der Waals surface area (Å²) in [5.74, 6) is 0.0402. The quantitative estimate of drug-likeness (QED) is 0.276. The molecule has 1 radical (unpaired) electrons. The molecule has 0 aliphatic rings. The predicted molar refractivity (Wildman–Crippen MR) is 34.5 cm³/mol. The van der Waals surface area contributed by atoms with Gasteiger partial charge < -0.3 is 11.1 Å². The Labute approximate surface area is 49.8 Å². The van der Waals surface area contributed by atoms with E-state index in [1.165, 1.54) is 0 Å². The number of unbranched alkanes of at least 4 members (excludes halogenated alkanes) is 1. The highest BCUT2D eigenvalue weighted by molar-refractivity contribution is 5.74. The number of guanidine groups is 1. The highest BCUT2D eigenvalue weighted by Gasteiger charge is 1.82. The lowest BCUT2D eigenvalue weighted by molar-refractivity contribution is 0.780. The molecule has 3 heteroatoms. The predicted octanol–water partition coefficient (Wildman–Crippen LogP) is 0.0838. The van der Waals surface area contributed by atoms with Crippen molar-refractivity contribution >= 4 is 5.96 Å². The second-order valence-corrected chi connectivity index (χ2v) is 1.55. The van der Waals surface area contributed by atoms with Crippen LogP contribution in [0.3, 0.4) is 0 Å². The molecule has 0 aromatic rings. The van der Waals surface area contributed by atoms with Crippen LogP contribution in [0, 0.1) is 12.3 Å². The van der Waals surface area contributed by atoms with Gasteiger partial charge in [-0.25, -0.2) is 0 Å². The maximum absolute atomic E-state index is 6.72. The van der Waals surface area contributed by atoms with Crippen molar-refractivity contribution in [2.75, 3.05) is 6.54 Å². The molecule has 0 unspecified atom stereocenters. The molecule has 0 saturated carbocycles. The summed E-state index contributed by atoms with van der Waals surface area (Å²) in [6.07, 6.45) is 1.86. The van der Waals surface area contributed by atoms with Crippen LogP contribution < -0.4 is 11.1 Å². The fourth-order valence-corrected chi connectivity index (χ4v) is 0.348. The van der Waals surface area contributed by atoms with E-state index in [-0.39, 0.29) is 5.96 Å². The molecule has 0 rings (SSSR count). The first-order chi connectivity index (χ1) is 3.77. The third-order valence-corrected chi connectivity index (χ3v) is 0.742. The molecule has 0 aliphatic carbocycles. The van der Waals surface area contributed by atoms with Gasteiger partial charge in [-0.1, -0.05) is 13.3 Å². The summed E-state index contributed by atoms with van der Waals surface area (Å²) in [5.41, 5.74) is 4.98. The van der Waals surface area contributed by atoms with Crippen LogP contribution in [-0.4, -0.2) is 12.5 Å². The summed E-state index contributed by atoms with van der Waals surface area (Å²) in [6.45, 7) is 4.39. The Kier molecular flexibility index (Phi) is 4.03. The molecule has 0 bridgehead atoms. The Morgan fingerprint density at radius 2 is 2.38 bits per heavy atom. The van der Waals surface area contributed by atoms with Crippen LogP contribution in [0.1, 0.15) is 12.8 Å². The fraction of sp³-hybridized carbons (Fsp3) is 0.600. The first-order valence-electron chi connectivity index (χ1n) is 2.64. The van der Waals surface area contributed by atoms with Crippen molar-refractivity contribution in [3.05, 3.63) is 6.92 Å². The molecule has 0 spiro atoms. The molecular formula is C5H12N3. The van der Waals surface area contributed by atoms with Crippen LogP contribution >= 0.6 is 0 Å². The Balaban J connectivity index is 2.82. The molecule has 0 atom stereocenters. The van der Waals surface area contributed by atoms with Crippen molar-refractivity contribution in [3.63, 3.8) is 0 Å². The van der Waals surface area contributed by atoms with Gasteiger partial charge in [-0.05, 0) is 6.42 Å². The van der Waals surface area contributed by atoms with E-state index in [0.717, 1.165) is 19.4 Å². The van der Waals surface area contributed by atoms with E-state index in [1.54, 1.807) is 0 Å². The van der Waals surface area contributed by atoms with Gasteiger partial charge in [0.15, 0.2) is 5.96 Å². The van der Waals surface area contributed by atoms with E-state index in [0.29, 0.717) is 0 Å². The molecule has 0 heterocycles. The highest BCUT2D eigenvalue weighted by atomic mass is 15.0. The number of hydrogen-bond acceptors (Lipinski definition) is 1. The van der Waals surface area contributed by atoms with Crippen LogP contribution in [0.15, 0.2) is 0 Å². The van der Waals surface area contributed by atoms with Gasteiger partial charge in [0.1, 0.15) is 0 Å². The summed E-state index contributed by atoms with van der Waals surface area (Å²) in [7, 11) is 0. The van der Waals surface area contributed by atoms with Gasteiger partial charge in [0.2, 0.25) is 0 Å². The largest absolute Gasteiger partial charge is 0.370 e. The molecule has 0 saturated heterocycles. The summed E-state index contributed by atoms with van der Waals surface area (Å²) >= 11 is 0. The van der Waals surface area contributed by atoms with Gasteiger partial charge in [-0.3, -0.25) is 5.41 Å². The van der Waals surface area contributed by atoms with Gasteiger partial charge >= 0.3 is 0 Å². The summed E-state index contributed by atoms with van der Waals surface area (Å²) in [4.78, 5) is 0. The molecule has 0 amide bonds. The third-order valence-electron chi connectivity index (χ3n) is 0.742.